The first kappa shape index (κ1) is 26.8. The molecule has 0 saturated heterocycles. The summed E-state index contributed by atoms with van der Waals surface area (Å²) in [5, 5.41) is 0.619. The summed E-state index contributed by atoms with van der Waals surface area (Å²) >= 11 is 0. The Morgan fingerprint density at radius 2 is 1.45 bits per heavy atom. The molecule has 1 aliphatic rings. The van der Waals surface area contributed by atoms with Crippen molar-refractivity contribution in [2.75, 3.05) is 4.90 Å². The number of carbonyl (C=O) groups excluding carboxylic acids is 4. The first-order valence-corrected chi connectivity index (χ1v) is 13.7. The summed E-state index contributed by atoms with van der Waals surface area (Å²) in [6, 6.07) is 29.6. The maximum absolute atomic E-state index is 13.6. The SMILES string of the molecule is CCC(OC(=O)c1cc(-c2ccc(N3C(=O)c4ccccc4C3=O)cc2)nc2c(C)cccc12)C(=O)c1ccccc1. The minimum absolute atomic E-state index is 0.259. The van der Waals surface area contributed by atoms with Gasteiger partial charge in [-0.3, -0.25) is 14.4 Å². The average Bonchev–Trinajstić information content (AvgIpc) is 3.29. The van der Waals surface area contributed by atoms with Gasteiger partial charge < -0.3 is 4.74 Å². The van der Waals surface area contributed by atoms with E-state index in [0.29, 0.717) is 56.5 Å². The minimum atomic E-state index is -0.935. The topological polar surface area (TPSA) is 93.6 Å². The lowest BCUT2D eigenvalue weighted by Gasteiger charge is -2.17. The molecule has 4 aromatic carbocycles. The van der Waals surface area contributed by atoms with Crippen LogP contribution in [0.4, 0.5) is 5.69 Å². The van der Waals surface area contributed by atoms with Crippen LogP contribution in [-0.4, -0.2) is 34.7 Å². The van der Waals surface area contributed by atoms with Gasteiger partial charge in [-0.2, -0.15) is 0 Å². The van der Waals surface area contributed by atoms with Crippen molar-refractivity contribution in [3.05, 3.63) is 131 Å². The fourth-order valence-electron chi connectivity index (χ4n) is 5.22. The third-order valence-corrected chi connectivity index (χ3v) is 7.45. The number of esters is 1. The second kappa shape index (κ2) is 10.9. The van der Waals surface area contributed by atoms with Crippen molar-refractivity contribution >= 4 is 40.2 Å². The molecule has 1 aromatic heterocycles. The molecule has 1 atom stereocenters. The number of ketones is 1. The summed E-state index contributed by atoms with van der Waals surface area (Å²) in [5.41, 5.74) is 4.66. The van der Waals surface area contributed by atoms with E-state index >= 15 is 0 Å². The zero-order valence-electron chi connectivity index (χ0n) is 23.0. The molecule has 5 aromatic rings. The van der Waals surface area contributed by atoms with Crippen LogP contribution < -0.4 is 4.90 Å². The smallest absolute Gasteiger partial charge is 0.339 e. The quantitative estimate of drug-likeness (QED) is 0.124. The number of para-hydroxylation sites is 1. The highest BCUT2D eigenvalue weighted by Crippen LogP contribution is 2.32. The van der Waals surface area contributed by atoms with Crippen LogP contribution in [0, 0.1) is 6.92 Å². The van der Waals surface area contributed by atoms with Gasteiger partial charge in [-0.15, -0.1) is 0 Å². The summed E-state index contributed by atoms with van der Waals surface area (Å²) < 4.78 is 5.78. The van der Waals surface area contributed by atoms with Crippen molar-refractivity contribution in [3.8, 4) is 11.3 Å². The van der Waals surface area contributed by atoms with Crippen molar-refractivity contribution in [1.29, 1.82) is 0 Å². The van der Waals surface area contributed by atoms with E-state index in [0.717, 1.165) is 10.5 Å². The fourth-order valence-corrected chi connectivity index (χ4v) is 5.22. The van der Waals surface area contributed by atoms with Crippen LogP contribution in [-0.2, 0) is 4.74 Å². The molecule has 0 aliphatic carbocycles. The normalized spacial score (nSPS) is 13.2. The van der Waals surface area contributed by atoms with Crippen molar-refractivity contribution in [1.82, 2.24) is 4.98 Å². The number of fused-ring (bicyclic) bond motifs is 2. The number of benzene rings is 4. The van der Waals surface area contributed by atoms with E-state index in [1.165, 1.54) is 0 Å². The lowest BCUT2D eigenvalue weighted by atomic mass is 10.0. The molecule has 0 N–H and O–H groups in total. The van der Waals surface area contributed by atoms with Gasteiger partial charge in [0.1, 0.15) is 0 Å². The summed E-state index contributed by atoms with van der Waals surface area (Å²) in [5.74, 6) is -1.62. The number of rotatable bonds is 7. The Morgan fingerprint density at radius 1 is 0.810 bits per heavy atom. The summed E-state index contributed by atoms with van der Waals surface area (Å²) in [7, 11) is 0. The molecular weight excluding hydrogens is 528 g/mol. The molecule has 206 valence electrons. The van der Waals surface area contributed by atoms with Crippen LogP contribution in [0.2, 0.25) is 0 Å². The van der Waals surface area contributed by atoms with Gasteiger partial charge in [0.15, 0.2) is 6.10 Å². The molecule has 0 fully saturated rings. The van der Waals surface area contributed by atoms with Crippen LogP contribution in [0.15, 0.2) is 103 Å². The first-order chi connectivity index (χ1) is 20.4. The number of Topliss-reactive ketones (excluding diaryl/α,β-unsaturated/α-hetero) is 1. The summed E-state index contributed by atoms with van der Waals surface area (Å²) in [6.45, 7) is 3.71. The van der Waals surface area contributed by atoms with Gasteiger partial charge in [0, 0.05) is 16.5 Å². The van der Waals surface area contributed by atoms with E-state index in [-0.39, 0.29) is 17.6 Å². The molecule has 1 aliphatic heterocycles. The first-order valence-electron chi connectivity index (χ1n) is 13.7. The highest BCUT2D eigenvalue weighted by molar-refractivity contribution is 6.34. The highest BCUT2D eigenvalue weighted by Gasteiger charge is 2.36. The van der Waals surface area contributed by atoms with Gasteiger partial charge in [0.25, 0.3) is 11.8 Å². The number of aryl methyl sites for hydroxylation is 1. The fraction of sp³-hybridized carbons (Fsp3) is 0.114. The number of amides is 2. The highest BCUT2D eigenvalue weighted by atomic mass is 16.5. The Kier molecular flexibility index (Phi) is 6.92. The third-order valence-electron chi connectivity index (χ3n) is 7.45. The minimum Gasteiger partial charge on any atom is -0.450 e. The van der Waals surface area contributed by atoms with Crippen LogP contribution in [0.3, 0.4) is 0 Å². The number of nitrogens with zero attached hydrogens (tertiary/aromatic N) is 2. The molecule has 0 saturated carbocycles. The van der Waals surface area contributed by atoms with Crippen molar-refractivity contribution in [2.45, 2.75) is 26.4 Å². The van der Waals surface area contributed by atoms with Gasteiger partial charge >= 0.3 is 5.97 Å². The number of aromatic nitrogens is 1. The van der Waals surface area contributed by atoms with Crippen molar-refractivity contribution in [2.24, 2.45) is 0 Å². The van der Waals surface area contributed by atoms with Gasteiger partial charge in [0.05, 0.1) is 33.6 Å². The second-order valence-corrected chi connectivity index (χ2v) is 10.1. The van der Waals surface area contributed by atoms with Crippen LogP contribution in [0.25, 0.3) is 22.2 Å². The Bertz CT molecular complexity index is 1840. The maximum Gasteiger partial charge on any atom is 0.339 e. The largest absolute Gasteiger partial charge is 0.450 e. The van der Waals surface area contributed by atoms with Gasteiger partial charge in [-0.25, -0.2) is 14.7 Å². The molecule has 2 amide bonds. The van der Waals surface area contributed by atoms with Gasteiger partial charge in [0.2, 0.25) is 5.78 Å². The predicted molar refractivity (Wildman–Crippen MR) is 160 cm³/mol. The van der Waals surface area contributed by atoms with E-state index in [9.17, 15) is 19.2 Å². The van der Waals surface area contributed by atoms with E-state index in [1.54, 1.807) is 91.9 Å². The zero-order valence-corrected chi connectivity index (χ0v) is 23.0. The Morgan fingerprint density at radius 3 is 2.10 bits per heavy atom. The number of imide groups is 1. The molecule has 0 bridgehead atoms. The van der Waals surface area contributed by atoms with Crippen LogP contribution >= 0.6 is 0 Å². The Labute approximate surface area is 242 Å². The number of ether oxygens (including phenoxy) is 1. The lowest BCUT2D eigenvalue weighted by Crippen LogP contribution is -2.29. The third kappa shape index (κ3) is 4.65. The number of pyridine rings is 1. The van der Waals surface area contributed by atoms with Crippen LogP contribution in [0.1, 0.15) is 60.3 Å². The van der Waals surface area contributed by atoms with Crippen molar-refractivity contribution < 1.29 is 23.9 Å². The predicted octanol–water partition coefficient (Wildman–Crippen LogP) is 6.83. The number of anilines is 1. The molecule has 1 unspecified atom stereocenters. The Balaban J connectivity index is 1.34. The average molecular weight is 555 g/mol. The monoisotopic (exact) mass is 554 g/mol. The molecule has 7 heteroatoms. The number of hydrogen-bond donors (Lipinski definition) is 0. The van der Waals surface area contributed by atoms with E-state index in [1.807, 2.05) is 25.1 Å². The molecule has 2 heterocycles. The lowest BCUT2D eigenvalue weighted by molar-refractivity contribution is 0.0279. The molecule has 7 nitrogen and oxygen atoms in total. The summed E-state index contributed by atoms with van der Waals surface area (Å²) in [6.07, 6.45) is -0.608. The van der Waals surface area contributed by atoms with E-state index in [4.69, 9.17) is 9.72 Å². The molecule has 0 radical (unpaired) electrons. The molecule has 42 heavy (non-hydrogen) atoms. The molecule has 0 spiro atoms. The van der Waals surface area contributed by atoms with E-state index < -0.39 is 12.1 Å². The Hall–Kier alpha value is -5.43. The van der Waals surface area contributed by atoms with Gasteiger partial charge in [-0.1, -0.05) is 79.7 Å². The van der Waals surface area contributed by atoms with Gasteiger partial charge in [-0.05, 0) is 49.2 Å². The zero-order chi connectivity index (χ0) is 29.4. The molecule has 6 rings (SSSR count). The summed E-state index contributed by atoms with van der Waals surface area (Å²) in [4.78, 5) is 58.5. The molecular formula is C35H26N2O5. The number of carbonyl (C=O) groups is 4. The number of hydrogen-bond acceptors (Lipinski definition) is 6. The van der Waals surface area contributed by atoms with Crippen molar-refractivity contribution in [3.63, 3.8) is 0 Å². The standard InChI is InChI=1S/C35H26N2O5/c1-3-30(32(38)23-11-5-4-6-12-23)42-35(41)28-20-29(36-31-21(2)10-9-15-25(28)31)22-16-18-24(19-17-22)37-33(39)26-13-7-8-14-27(26)34(37)40/h4-20,30H,3H2,1-2H3. The second-order valence-electron chi connectivity index (χ2n) is 10.1. The van der Waals surface area contributed by atoms with Crippen LogP contribution in [0.5, 0.6) is 0 Å². The maximum atomic E-state index is 13.6. The van der Waals surface area contributed by atoms with E-state index in [2.05, 4.69) is 0 Å².